The van der Waals surface area contributed by atoms with Crippen molar-refractivity contribution in [2.75, 3.05) is 19.8 Å². The van der Waals surface area contributed by atoms with E-state index in [0.717, 1.165) is 12.7 Å². The molecule has 0 aliphatic carbocycles. The molecule has 0 spiro atoms. The van der Waals surface area contributed by atoms with E-state index in [1.165, 1.54) is 15.9 Å². The molecule has 26 heavy (non-hydrogen) atoms. The summed E-state index contributed by atoms with van der Waals surface area (Å²) in [5.74, 6) is 0. The van der Waals surface area contributed by atoms with Crippen molar-refractivity contribution >= 4 is 33.1 Å². The summed E-state index contributed by atoms with van der Waals surface area (Å²) in [6.07, 6.45) is 1.13. The molecule has 0 saturated heterocycles. The van der Waals surface area contributed by atoms with Gasteiger partial charge in [0, 0.05) is 6.54 Å². The molecule has 3 aromatic rings. The monoisotopic (exact) mass is 513 g/mol. The molecular weight excluding hydrogens is 488 g/mol. The predicted octanol–water partition coefficient (Wildman–Crippen LogP) is -3.00. The molecule has 0 fully saturated rings. The SMILES string of the molecule is CNCC[P+](c1ccccc1)(c1ccccc1)c1ccccc1.[Br-].[Br-].[PH4+]. The van der Waals surface area contributed by atoms with E-state index in [0.29, 0.717) is 0 Å². The van der Waals surface area contributed by atoms with Gasteiger partial charge in [0.1, 0.15) is 23.2 Å². The Morgan fingerprint density at radius 2 is 0.923 bits per heavy atom. The summed E-state index contributed by atoms with van der Waals surface area (Å²) in [7, 11) is 0.405. The highest BCUT2D eigenvalue weighted by Crippen LogP contribution is 2.54. The summed E-state index contributed by atoms with van der Waals surface area (Å²) in [4.78, 5) is 0. The van der Waals surface area contributed by atoms with Gasteiger partial charge in [-0.3, -0.25) is 0 Å². The lowest BCUT2D eigenvalue weighted by atomic mass is 10.4. The number of halogens is 2. The largest absolute Gasteiger partial charge is 1.00 e. The van der Waals surface area contributed by atoms with Crippen molar-refractivity contribution in [3.05, 3.63) is 91.0 Å². The molecule has 1 atom stereocenters. The number of benzene rings is 3. The minimum Gasteiger partial charge on any atom is -1.00 e. The predicted molar refractivity (Wildman–Crippen MR) is 116 cm³/mol. The van der Waals surface area contributed by atoms with Crippen molar-refractivity contribution in [1.82, 2.24) is 5.32 Å². The molecule has 0 bridgehead atoms. The number of hydrogen-bond donors (Lipinski definition) is 1. The average molecular weight is 515 g/mol. The Kier molecular flexibility index (Phi) is 12.5. The van der Waals surface area contributed by atoms with Gasteiger partial charge in [0.2, 0.25) is 0 Å². The molecule has 3 rings (SSSR count). The van der Waals surface area contributed by atoms with Crippen molar-refractivity contribution in [1.29, 1.82) is 0 Å². The van der Waals surface area contributed by atoms with Crippen LogP contribution in [0, 0.1) is 0 Å². The molecule has 1 N–H and O–H groups in total. The highest BCUT2D eigenvalue weighted by Gasteiger charge is 2.44. The van der Waals surface area contributed by atoms with Gasteiger partial charge in [-0.15, -0.1) is 0 Å². The van der Waals surface area contributed by atoms with Gasteiger partial charge in [-0.05, 0) is 53.3 Å². The zero-order valence-electron chi connectivity index (χ0n) is 15.3. The molecule has 0 heterocycles. The maximum atomic E-state index is 3.36. The van der Waals surface area contributed by atoms with E-state index in [2.05, 4.69) is 96.3 Å². The fourth-order valence-corrected chi connectivity index (χ4v) is 7.43. The Morgan fingerprint density at radius 3 is 1.19 bits per heavy atom. The van der Waals surface area contributed by atoms with Crippen LogP contribution in [0.25, 0.3) is 0 Å². The maximum Gasteiger partial charge on any atom is 0.113 e. The topological polar surface area (TPSA) is 12.0 Å². The van der Waals surface area contributed by atoms with Gasteiger partial charge in [-0.25, -0.2) is 0 Å². The van der Waals surface area contributed by atoms with Crippen molar-refractivity contribution in [2.24, 2.45) is 0 Å². The van der Waals surface area contributed by atoms with Crippen LogP contribution in [0.2, 0.25) is 0 Å². The van der Waals surface area contributed by atoms with Crippen LogP contribution in [0.5, 0.6) is 0 Å². The lowest BCUT2D eigenvalue weighted by Gasteiger charge is -2.27. The molecule has 1 unspecified atom stereocenters. The lowest BCUT2D eigenvalue weighted by molar-refractivity contribution is -0.001000. The highest BCUT2D eigenvalue weighted by molar-refractivity contribution is 7.95. The van der Waals surface area contributed by atoms with Gasteiger partial charge in [0.05, 0.1) is 6.16 Å². The third-order valence-corrected chi connectivity index (χ3v) is 8.72. The molecule has 0 amide bonds. The standard InChI is InChI=1S/C21H23NP.2BrH.H3P/c1-22-17-18-23(19-11-5-2-6-12-19,20-13-7-3-8-14-20)21-15-9-4-10-16-21;;;/h2-16,22H,17-18H2,1H3;2*1H;1H3/q+1;;;/p-1. The van der Waals surface area contributed by atoms with Crippen molar-refractivity contribution < 1.29 is 34.0 Å². The van der Waals surface area contributed by atoms with Crippen molar-refractivity contribution in [3.8, 4) is 0 Å². The molecule has 5 heteroatoms. The Labute approximate surface area is 182 Å². The molecule has 3 aromatic carbocycles. The third kappa shape index (κ3) is 5.47. The number of nitrogens with one attached hydrogen (secondary N) is 1. The first-order valence-corrected chi connectivity index (χ1v) is 10.0. The molecule has 0 radical (unpaired) electrons. The van der Waals surface area contributed by atoms with Gasteiger partial charge >= 0.3 is 0 Å². The fourth-order valence-electron chi connectivity index (χ4n) is 3.16. The average Bonchev–Trinajstić information content (AvgIpc) is 2.65. The van der Waals surface area contributed by atoms with Crippen LogP contribution < -0.4 is 55.2 Å². The molecule has 1 nitrogen and oxygen atoms in total. The molecule has 0 aliphatic rings. The second-order valence-electron chi connectivity index (χ2n) is 5.64. The summed E-state index contributed by atoms with van der Waals surface area (Å²) in [5.41, 5.74) is 0. The van der Waals surface area contributed by atoms with Crippen LogP contribution in [-0.2, 0) is 0 Å². The van der Waals surface area contributed by atoms with Gasteiger partial charge in [0.15, 0.2) is 0 Å². The minimum atomic E-state index is -1.63. The Bertz CT molecular complexity index is 628. The number of hydrogen-bond acceptors (Lipinski definition) is 1. The Balaban J connectivity index is 0.00000208. The Hall–Kier alpha value is -0.560. The first kappa shape index (κ1) is 25.4. The van der Waals surface area contributed by atoms with Gasteiger partial charge in [0.25, 0.3) is 0 Å². The second kappa shape index (κ2) is 12.8. The smallest absolute Gasteiger partial charge is 0.113 e. The quantitative estimate of drug-likeness (QED) is 0.346. The van der Waals surface area contributed by atoms with Gasteiger partial charge in [-0.2, -0.15) is 0 Å². The first-order chi connectivity index (χ1) is 11.4. The number of rotatable bonds is 6. The van der Waals surface area contributed by atoms with Crippen LogP contribution in [-0.4, -0.2) is 19.8 Å². The fraction of sp³-hybridized carbons (Fsp3) is 0.143. The van der Waals surface area contributed by atoms with Crippen molar-refractivity contribution in [3.63, 3.8) is 0 Å². The zero-order chi connectivity index (χ0) is 16.0. The summed E-state index contributed by atoms with van der Waals surface area (Å²) in [6.45, 7) is 1.01. The molecule has 140 valence electrons. The van der Waals surface area contributed by atoms with Crippen LogP contribution in [0.1, 0.15) is 0 Å². The third-order valence-electron chi connectivity index (χ3n) is 4.29. The lowest BCUT2D eigenvalue weighted by Crippen LogP contribution is -3.00. The first-order valence-electron chi connectivity index (χ1n) is 8.07. The normalized spacial score (nSPS) is 10.0. The second-order valence-corrected chi connectivity index (χ2v) is 9.26. The molecule has 0 aliphatic heterocycles. The minimum absolute atomic E-state index is 0. The Morgan fingerprint density at radius 1 is 0.615 bits per heavy atom. The van der Waals surface area contributed by atoms with Crippen LogP contribution >= 0.6 is 17.2 Å². The van der Waals surface area contributed by atoms with E-state index in [1.54, 1.807) is 0 Å². The summed E-state index contributed by atoms with van der Waals surface area (Å²) in [5, 5.41) is 7.71. The molecular formula is C21H27Br2NP2. The maximum absolute atomic E-state index is 3.36. The summed E-state index contributed by atoms with van der Waals surface area (Å²) in [6, 6.07) is 33.1. The van der Waals surface area contributed by atoms with E-state index >= 15 is 0 Å². The van der Waals surface area contributed by atoms with E-state index < -0.39 is 7.26 Å². The highest BCUT2D eigenvalue weighted by atomic mass is 79.9. The van der Waals surface area contributed by atoms with Gasteiger partial charge in [-0.1, -0.05) is 54.6 Å². The summed E-state index contributed by atoms with van der Waals surface area (Å²) >= 11 is 0. The summed E-state index contributed by atoms with van der Waals surface area (Å²) < 4.78 is 0. The zero-order valence-corrected chi connectivity index (χ0v) is 21.3. The van der Waals surface area contributed by atoms with Crippen molar-refractivity contribution in [2.45, 2.75) is 0 Å². The molecule has 0 aromatic heterocycles. The van der Waals surface area contributed by atoms with Crippen LogP contribution in [0.4, 0.5) is 0 Å². The van der Waals surface area contributed by atoms with Gasteiger partial charge < -0.3 is 39.3 Å². The van der Waals surface area contributed by atoms with E-state index in [1.807, 2.05) is 7.05 Å². The van der Waals surface area contributed by atoms with Crippen LogP contribution in [0.15, 0.2) is 91.0 Å². The van der Waals surface area contributed by atoms with Crippen LogP contribution in [0.3, 0.4) is 0 Å². The van der Waals surface area contributed by atoms with E-state index in [4.69, 9.17) is 0 Å². The molecule has 0 saturated carbocycles. The van der Waals surface area contributed by atoms with E-state index in [-0.39, 0.29) is 43.9 Å². The van der Waals surface area contributed by atoms with E-state index in [9.17, 15) is 0 Å².